The van der Waals surface area contributed by atoms with Gasteiger partial charge in [-0.25, -0.2) is 0 Å². The standard InChI is InChI=1S/C12H24N2O2/c1-3-4-10(15)9-14-11(16)12(2)5-7-13-8-6-12/h10,13,15H,3-9H2,1-2H3,(H,14,16). The van der Waals surface area contributed by atoms with Crippen LogP contribution in [-0.4, -0.2) is 36.8 Å². The topological polar surface area (TPSA) is 61.4 Å². The predicted molar refractivity (Wildman–Crippen MR) is 64.1 cm³/mol. The van der Waals surface area contributed by atoms with Crippen molar-refractivity contribution in [2.24, 2.45) is 5.41 Å². The van der Waals surface area contributed by atoms with Gasteiger partial charge in [-0.15, -0.1) is 0 Å². The van der Waals surface area contributed by atoms with Gasteiger partial charge in [0.1, 0.15) is 0 Å². The molecule has 1 heterocycles. The van der Waals surface area contributed by atoms with Gasteiger partial charge < -0.3 is 15.7 Å². The highest BCUT2D eigenvalue weighted by molar-refractivity contribution is 5.82. The molecule has 0 aromatic rings. The van der Waals surface area contributed by atoms with Crippen LogP contribution in [0.1, 0.15) is 39.5 Å². The summed E-state index contributed by atoms with van der Waals surface area (Å²) in [7, 11) is 0. The number of hydrogen-bond donors (Lipinski definition) is 3. The molecule has 0 bridgehead atoms. The van der Waals surface area contributed by atoms with Gasteiger partial charge >= 0.3 is 0 Å². The second-order valence-electron chi connectivity index (χ2n) is 4.96. The lowest BCUT2D eigenvalue weighted by Crippen LogP contribution is -2.47. The largest absolute Gasteiger partial charge is 0.391 e. The van der Waals surface area contributed by atoms with Crippen molar-refractivity contribution in [2.75, 3.05) is 19.6 Å². The number of hydrogen-bond acceptors (Lipinski definition) is 3. The molecule has 3 N–H and O–H groups in total. The van der Waals surface area contributed by atoms with E-state index < -0.39 is 6.10 Å². The first kappa shape index (κ1) is 13.5. The Bertz CT molecular complexity index is 225. The Kier molecular flexibility index (Phi) is 5.22. The zero-order chi connectivity index (χ0) is 12.0. The summed E-state index contributed by atoms with van der Waals surface area (Å²) in [5, 5.41) is 15.7. The fraction of sp³-hybridized carbons (Fsp3) is 0.917. The molecule has 1 rings (SSSR count). The summed E-state index contributed by atoms with van der Waals surface area (Å²) in [6, 6.07) is 0. The van der Waals surface area contributed by atoms with E-state index in [1.54, 1.807) is 0 Å². The quantitative estimate of drug-likeness (QED) is 0.647. The number of aliphatic hydroxyl groups is 1. The molecule has 1 amide bonds. The lowest BCUT2D eigenvalue weighted by molar-refractivity contribution is -0.132. The second kappa shape index (κ2) is 6.21. The molecule has 0 saturated carbocycles. The predicted octanol–water partition coefficient (Wildman–Crippen LogP) is 0.653. The Hall–Kier alpha value is -0.610. The van der Waals surface area contributed by atoms with Crippen molar-refractivity contribution < 1.29 is 9.90 Å². The Labute approximate surface area is 97.8 Å². The first-order valence-corrected chi connectivity index (χ1v) is 6.25. The molecule has 16 heavy (non-hydrogen) atoms. The highest BCUT2D eigenvalue weighted by Crippen LogP contribution is 2.27. The van der Waals surface area contributed by atoms with Gasteiger partial charge in [0, 0.05) is 12.0 Å². The van der Waals surface area contributed by atoms with E-state index in [1.807, 2.05) is 13.8 Å². The van der Waals surface area contributed by atoms with E-state index in [2.05, 4.69) is 10.6 Å². The van der Waals surface area contributed by atoms with Gasteiger partial charge in [-0.05, 0) is 32.4 Å². The van der Waals surface area contributed by atoms with E-state index in [1.165, 1.54) is 0 Å². The van der Waals surface area contributed by atoms with E-state index in [0.717, 1.165) is 38.8 Å². The van der Waals surface area contributed by atoms with Crippen LogP contribution in [0.5, 0.6) is 0 Å². The number of rotatable bonds is 5. The van der Waals surface area contributed by atoms with Crippen LogP contribution in [0.3, 0.4) is 0 Å². The van der Waals surface area contributed by atoms with E-state index in [-0.39, 0.29) is 11.3 Å². The van der Waals surface area contributed by atoms with Gasteiger partial charge in [0.15, 0.2) is 0 Å². The molecular formula is C12H24N2O2. The third kappa shape index (κ3) is 3.76. The maximum absolute atomic E-state index is 12.0. The van der Waals surface area contributed by atoms with Crippen LogP contribution >= 0.6 is 0 Å². The Morgan fingerprint density at radius 3 is 2.69 bits per heavy atom. The number of piperidine rings is 1. The third-order valence-electron chi connectivity index (χ3n) is 3.38. The average Bonchev–Trinajstić information content (AvgIpc) is 2.27. The normalized spacial score (nSPS) is 21.4. The van der Waals surface area contributed by atoms with Crippen molar-refractivity contribution in [3.63, 3.8) is 0 Å². The summed E-state index contributed by atoms with van der Waals surface area (Å²) in [5.41, 5.74) is -0.253. The minimum absolute atomic E-state index is 0.0872. The van der Waals surface area contributed by atoms with Gasteiger partial charge in [0.25, 0.3) is 0 Å². The summed E-state index contributed by atoms with van der Waals surface area (Å²) in [6.07, 6.45) is 3.04. The summed E-state index contributed by atoms with van der Waals surface area (Å²) in [4.78, 5) is 12.0. The van der Waals surface area contributed by atoms with Crippen LogP contribution in [0, 0.1) is 5.41 Å². The zero-order valence-electron chi connectivity index (χ0n) is 10.4. The molecule has 0 aliphatic carbocycles. The monoisotopic (exact) mass is 228 g/mol. The molecule has 1 aliphatic rings. The third-order valence-corrected chi connectivity index (χ3v) is 3.38. The second-order valence-corrected chi connectivity index (χ2v) is 4.96. The van der Waals surface area contributed by atoms with Gasteiger partial charge in [0.05, 0.1) is 6.10 Å². The summed E-state index contributed by atoms with van der Waals surface area (Å²) in [5.74, 6) is 0.0872. The number of amides is 1. The molecule has 0 aromatic heterocycles. The van der Waals surface area contributed by atoms with Gasteiger partial charge in [-0.3, -0.25) is 4.79 Å². The zero-order valence-corrected chi connectivity index (χ0v) is 10.4. The number of carbonyl (C=O) groups excluding carboxylic acids is 1. The lowest BCUT2D eigenvalue weighted by atomic mass is 9.80. The highest BCUT2D eigenvalue weighted by Gasteiger charge is 2.34. The molecule has 0 spiro atoms. The molecule has 4 nitrogen and oxygen atoms in total. The van der Waals surface area contributed by atoms with Crippen molar-refractivity contribution in [3.05, 3.63) is 0 Å². The number of carbonyl (C=O) groups is 1. The molecule has 0 aromatic carbocycles. The van der Waals surface area contributed by atoms with Crippen molar-refractivity contribution in [3.8, 4) is 0 Å². The maximum Gasteiger partial charge on any atom is 0.226 e. The van der Waals surface area contributed by atoms with Crippen molar-refractivity contribution in [1.29, 1.82) is 0 Å². The maximum atomic E-state index is 12.0. The Balaban J connectivity index is 2.33. The van der Waals surface area contributed by atoms with Crippen LogP contribution < -0.4 is 10.6 Å². The summed E-state index contributed by atoms with van der Waals surface area (Å²) < 4.78 is 0. The Morgan fingerprint density at radius 2 is 2.12 bits per heavy atom. The average molecular weight is 228 g/mol. The first-order valence-electron chi connectivity index (χ1n) is 6.25. The summed E-state index contributed by atoms with van der Waals surface area (Å²) >= 11 is 0. The Morgan fingerprint density at radius 1 is 1.50 bits per heavy atom. The molecule has 1 atom stereocenters. The highest BCUT2D eigenvalue weighted by atomic mass is 16.3. The molecule has 1 unspecified atom stereocenters. The van der Waals surface area contributed by atoms with Crippen LogP contribution in [0.25, 0.3) is 0 Å². The molecule has 94 valence electrons. The van der Waals surface area contributed by atoms with Crippen molar-refractivity contribution in [1.82, 2.24) is 10.6 Å². The van der Waals surface area contributed by atoms with Gasteiger partial charge in [-0.1, -0.05) is 20.3 Å². The van der Waals surface area contributed by atoms with E-state index >= 15 is 0 Å². The smallest absolute Gasteiger partial charge is 0.226 e. The molecule has 1 aliphatic heterocycles. The fourth-order valence-corrected chi connectivity index (χ4v) is 2.06. The molecule has 0 radical (unpaired) electrons. The molecular weight excluding hydrogens is 204 g/mol. The first-order chi connectivity index (χ1) is 7.58. The van der Waals surface area contributed by atoms with Crippen LogP contribution in [0.15, 0.2) is 0 Å². The molecule has 4 heteroatoms. The minimum Gasteiger partial charge on any atom is -0.391 e. The number of nitrogens with one attached hydrogen (secondary N) is 2. The van der Waals surface area contributed by atoms with Gasteiger partial charge in [0.2, 0.25) is 5.91 Å². The SMILES string of the molecule is CCCC(O)CNC(=O)C1(C)CCNCC1. The van der Waals surface area contributed by atoms with E-state index in [9.17, 15) is 9.90 Å². The minimum atomic E-state index is -0.403. The van der Waals surface area contributed by atoms with Crippen LogP contribution in [0.2, 0.25) is 0 Å². The fourth-order valence-electron chi connectivity index (χ4n) is 2.06. The number of aliphatic hydroxyl groups excluding tert-OH is 1. The summed E-state index contributed by atoms with van der Waals surface area (Å²) in [6.45, 7) is 6.23. The van der Waals surface area contributed by atoms with Crippen molar-refractivity contribution in [2.45, 2.75) is 45.6 Å². The molecule has 1 fully saturated rings. The van der Waals surface area contributed by atoms with Crippen molar-refractivity contribution >= 4 is 5.91 Å². The van der Waals surface area contributed by atoms with Gasteiger partial charge in [-0.2, -0.15) is 0 Å². The lowest BCUT2D eigenvalue weighted by Gasteiger charge is -2.32. The van der Waals surface area contributed by atoms with Crippen LogP contribution in [-0.2, 0) is 4.79 Å². The van der Waals surface area contributed by atoms with E-state index in [4.69, 9.17) is 0 Å². The molecule has 1 saturated heterocycles. The van der Waals surface area contributed by atoms with Crippen LogP contribution in [0.4, 0.5) is 0 Å². The van der Waals surface area contributed by atoms with E-state index in [0.29, 0.717) is 6.54 Å².